The van der Waals surface area contributed by atoms with E-state index in [0.29, 0.717) is 12.0 Å². The van der Waals surface area contributed by atoms with Gasteiger partial charge in [-0.25, -0.2) is 0 Å². The van der Waals surface area contributed by atoms with Gasteiger partial charge in [-0.05, 0) is 59.8 Å². The van der Waals surface area contributed by atoms with Gasteiger partial charge in [0.15, 0.2) is 5.43 Å². The van der Waals surface area contributed by atoms with Gasteiger partial charge in [0.1, 0.15) is 51.0 Å². The summed E-state index contributed by atoms with van der Waals surface area (Å²) in [5.41, 5.74) is 2.89. The van der Waals surface area contributed by atoms with Gasteiger partial charge in [0.2, 0.25) is 0 Å². The summed E-state index contributed by atoms with van der Waals surface area (Å²) in [7, 11) is 1.39. The van der Waals surface area contributed by atoms with Crippen LogP contribution in [0.1, 0.15) is 52.2 Å². The smallest absolute Gasteiger partial charge is 0.197 e. The second-order valence-corrected chi connectivity index (χ2v) is 10.1. The van der Waals surface area contributed by atoms with Crippen LogP contribution in [0, 0.1) is 5.92 Å². The third kappa shape index (κ3) is 5.88. The summed E-state index contributed by atoms with van der Waals surface area (Å²) in [5.74, 6) is -1.23. The first-order valence-corrected chi connectivity index (χ1v) is 12.4. The lowest BCUT2D eigenvalue weighted by atomic mass is 9.87. The first-order chi connectivity index (χ1) is 17.8. The predicted octanol–water partition coefficient (Wildman–Crippen LogP) is 6.89. The number of benzene rings is 2. The Hall–Kier alpha value is -4.13. The third-order valence-electron chi connectivity index (χ3n) is 6.54. The average Bonchev–Trinajstić information content (AvgIpc) is 2.81. The van der Waals surface area contributed by atoms with Gasteiger partial charge in [-0.3, -0.25) is 4.79 Å². The minimum absolute atomic E-state index is 0.0125. The number of fused-ring (bicyclic) bond motifs is 1. The number of rotatable bonds is 9. The van der Waals surface area contributed by atoms with Gasteiger partial charge in [-0.1, -0.05) is 35.5 Å². The molecular formula is C31H36O7. The molecule has 1 unspecified atom stereocenters. The second kappa shape index (κ2) is 11.5. The molecule has 0 fully saturated rings. The molecule has 1 aromatic heterocycles. The summed E-state index contributed by atoms with van der Waals surface area (Å²) in [4.78, 5) is 13.4. The quantitative estimate of drug-likeness (QED) is 0.227. The fraction of sp³-hybridized carbons (Fsp3) is 0.323. The van der Waals surface area contributed by atoms with Crippen molar-refractivity contribution in [1.29, 1.82) is 0 Å². The van der Waals surface area contributed by atoms with Crippen molar-refractivity contribution in [1.82, 2.24) is 0 Å². The third-order valence-corrected chi connectivity index (χ3v) is 6.54. The van der Waals surface area contributed by atoms with E-state index in [0.717, 1.165) is 22.8 Å². The highest BCUT2D eigenvalue weighted by Gasteiger charge is 2.26. The summed E-state index contributed by atoms with van der Waals surface area (Å²) in [6, 6.07) is 3.68. The van der Waals surface area contributed by atoms with Crippen LogP contribution in [0.4, 0.5) is 0 Å². The maximum Gasteiger partial charge on any atom is 0.197 e. The molecule has 0 spiro atoms. The van der Waals surface area contributed by atoms with E-state index >= 15 is 0 Å². The summed E-state index contributed by atoms with van der Waals surface area (Å²) < 4.78 is 11.2. The summed E-state index contributed by atoms with van der Waals surface area (Å²) in [6.45, 7) is 13.8. The fourth-order valence-corrected chi connectivity index (χ4v) is 4.34. The van der Waals surface area contributed by atoms with E-state index in [4.69, 9.17) is 9.15 Å². The zero-order valence-corrected chi connectivity index (χ0v) is 22.8. The van der Waals surface area contributed by atoms with E-state index in [-0.39, 0.29) is 75.4 Å². The highest BCUT2D eigenvalue weighted by Crippen LogP contribution is 2.45. The number of phenols is 4. The van der Waals surface area contributed by atoms with E-state index in [1.165, 1.54) is 19.2 Å². The monoisotopic (exact) mass is 520 g/mol. The molecule has 0 aliphatic heterocycles. The van der Waals surface area contributed by atoms with Gasteiger partial charge in [0.25, 0.3) is 0 Å². The van der Waals surface area contributed by atoms with Crippen molar-refractivity contribution in [3.63, 3.8) is 0 Å². The molecule has 3 aromatic rings. The number of methoxy groups -OCH3 is 1. The van der Waals surface area contributed by atoms with Crippen molar-refractivity contribution in [3.8, 4) is 40.1 Å². The Morgan fingerprint density at radius 2 is 1.55 bits per heavy atom. The van der Waals surface area contributed by atoms with Gasteiger partial charge < -0.3 is 29.6 Å². The van der Waals surface area contributed by atoms with Gasteiger partial charge in [0.05, 0.1) is 7.11 Å². The molecule has 0 amide bonds. The predicted molar refractivity (Wildman–Crippen MR) is 150 cm³/mol. The van der Waals surface area contributed by atoms with Crippen LogP contribution in [-0.4, -0.2) is 27.5 Å². The van der Waals surface area contributed by atoms with Crippen LogP contribution in [0.25, 0.3) is 22.3 Å². The van der Waals surface area contributed by atoms with E-state index < -0.39 is 5.43 Å². The van der Waals surface area contributed by atoms with Crippen LogP contribution >= 0.6 is 0 Å². The highest BCUT2D eigenvalue weighted by atomic mass is 16.5. The molecule has 0 aliphatic rings. The number of allylic oxidation sites excluding steroid dienone is 5. The van der Waals surface area contributed by atoms with E-state index in [1.54, 1.807) is 0 Å². The number of hydrogen-bond donors (Lipinski definition) is 4. The molecule has 7 heteroatoms. The average molecular weight is 521 g/mol. The van der Waals surface area contributed by atoms with E-state index in [2.05, 4.69) is 12.7 Å². The molecule has 202 valence electrons. The zero-order valence-electron chi connectivity index (χ0n) is 22.8. The molecule has 1 atom stereocenters. The number of phenolic OH excluding ortho intramolecular Hbond substituents is 4. The maximum absolute atomic E-state index is 13.4. The molecule has 0 saturated carbocycles. The molecule has 2 aromatic carbocycles. The molecule has 0 aliphatic carbocycles. The van der Waals surface area contributed by atoms with Gasteiger partial charge in [0, 0.05) is 29.3 Å². The summed E-state index contributed by atoms with van der Waals surface area (Å²) >= 11 is 0. The SMILES string of the molecule is C=C(C)C(CC=C(C)C)Cc1c(O)c(CC=C(C)C)c(O)c2c(=O)cc(-c3c(O)cc(OC)cc3O)oc12. The largest absolute Gasteiger partial charge is 0.507 e. The Bertz CT molecular complexity index is 1470. The van der Waals surface area contributed by atoms with Crippen LogP contribution in [0.5, 0.6) is 28.7 Å². The second-order valence-electron chi connectivity index (χ2n) is 10.1. The highest BCUT2D eigenvalue weighted by molar-refractivity contribution is 5.92. The van der Waals surface area contributed by atoms with Crippen molar-refractivity contribution in [2.24, 2.45) is 5.92 Å². The van der Waals surface area contributed by atoms with Gasteiger partial charge in [-0.2, -0.15) is 0 Å². The van der Waals surface area contributed by atoms with Crippen LogP contribution in [0.3, 0.4) is 0 Å². The van der Waals surface area contributed by atoms with Crippen LogP contribution < -0.4 is 10.2 Å². The Labute approximate surface area is 222 Å². The molecule has 1 heterocycles. The van der Waals surface area contributed by atoms with Crippen LogP contribution in [0.15, 0.2) is 62.9 Å². The molecule has 4 N–H and O–H groups in total. The first-order valence-electron chi connectivity index (χ1n) is 12.4. The summed E-state index contributed by atoms with van der Waals surface area (Å²) in [6.07, 6.45) is 5.10. The first kappa shape index (κ1) is 28.4. The molecule has 0 saturated heterocycles. The lowest BCUT2D eigenvalue weighted by molar-refractivity contribution is 0.398. The maximum atomic E-state index is 13.4. The summed E-state index contributed by atoms with van der Waals surface area (Å²) in [5, 5.41) is 43.6. The lowest BCUT2D eigenvalue weighted by Crippen LogP contribution is -2.10. The van der Waals surface area contributed by atoms with Crippen molar-refractivity contribution in [2.45, 2.75) is 53.9 Å². The van der Waals surface area contributed by atoms with Crippen molar-refractivity contribution in [3.05, 3.63) is 75.0 Å². The van der Waals surface area contributed by atoms with Crippen molar-refractivity contribution >= 4 is 11.0 Å². The molecule has 0 radical (unpaired) electrons. The molecular weight excluding hydrogens is 484 g/mol. The zero-order chi connectivity index (χ0) is 28.3. The van der Waals surface area contributed by atoms with E-state index in [1.807, 2.05) is 40.7 Å². The molecule has 38 heavy (non-hydrogen) atoms. The normalized spacial score (nSPS) is 11.7. The van der Waals surface area contributed by atoms with Crippen LogP contribution in [-0.2, 0) is 12.8 Å². The molecule has 7 nitrogen and oxygen atoms in total. The lowest BCUT2D eigenvalue weighted by Gasteiger charge is -2.20. The number of hydrogen-bond acceptors (Lipinski definition) is 7. The minimum Gasteiger partial charge on any atom is -0.507 e. The van der Waals surface area contributed by atoms with Gasteiger partial charge in [-0.15, -0.1) is 0 Å². The number of aromatic hydroxyl groups is 4. The standard InChI is InChI=1S/C31H36O7/c1-16(2)8-10-19(18(5)6)12-22-29(35)21(11-9-17(3)4)30(36)28-25(34)15-26(38-31(22)28)27-23(32)13-20(37-7)14-24(27)33/h8-9,13-15,19,32-33,35-36H,5,10-12H2,1-4,6-7H3. The molecule has 0 bridgehead atoms. The number of ether oxygens (including phenoxy) is 1. The Balaban J connectivity index is 2.38. The van der Waals surface area contributed by atoms with Crippen LogP contribution in [0.2, 0.25) is 0 Å². The Morgan fingerprint density at radius 3 is 2.08 bits per heavy atom. The van der Waals surface area contributed by atoms with Crippen molar-refractivity contribution < 1.29 is 29.6 Å². The Kier molecular flexibility index (Phi) is 8.61. The van der Waals surface area contributed by atoms with Gasteiger partial charge >= 0.3 is 0 Å². The minimum atomic E-state index is -0.579. The van der Waals surface area contributed by atoms with E-state index in [9.17, 15) is 25.2 Å². The topological polar surface area (TPSA) is 120 Å². The van der Waals surface area contributed by atoms with Crippen molar-refractivity contribution in [2.75, 3.05) is 7.11 Å². The molecule has 3 rings (SSSR count). The Morgan fingerprint density at radius 1 is 0.947 bits per heavy atom. The fourth-order valence-electron chi connectivity index (χ4n) is 4.34.